The van der Waals surface area contributed by atoms with Crippen LogP contribution in [-0.2, 0) is 13.0 Å². The molecule has 0 spiro atoms. The van der Waals surface area contributed by atoms with Gasteiger partial charge in [0.2, 0.25) is 0 Å². The first-order valence-corrected chi connectivity index (χ1v) is 7.56. The van der Waals surface area contributed by atoms with E-state index in [-0.39, 0.29) is 0 Å². The Morgan fingerprint density at radius 1 is 1.37 bits per heavy atom. The maximum atomic E-state index is 9.70. The number of thioether (sulfide) groups is 1. The van der Waals surface area contributed by atoms with Gasteiger partial charge in [0, 0.05) is 12.2 Å². The zero-order valence-corrected chi connectivity index (χ0v) is 12.0. The third kappa shape index (κ3) is 4.04. The summed E-state index contributed by atoms with van der Waals surface area (Å²) in [6.07, 6.45) is 2.20. The Bertz CT molecular complexity index is 529. The van der Waals surface area contributed by atoms with E-state index in [0.29, 0.717) is 24.5 Å². The van der Waals surface area contributed by atoms with E-state index >= 15 is 0 Å². The zero-order chi connectivity index (χ0) is 13.7. The van der Waals surface area contributed by atoms with Crippen molar-refractivity contribution in [3.8, 4) is 0 Å². The number of hydrogen-bond acceptors (Lipinski definition) is 5. The number of rotatable bonds is 6. The molecule has 1 aromatic carbocycles. The fourth-order valence-electron chi connectivity index (χ4n) is 1.84. The summed E-state index contributed by atoms with van der Waals surface area (Å²) < 4.78 is 0. The SMILES string of the molecule is CSC[C@H](O)Cn1nnc(Cc2ccccc2C)n1. The molecule has 0 unspecified atom stereocenters. The summed E-state index contributed by atoms with van der Waals surface area (Å²) in [7, 11) is 0. The monoisotopic (exact) mass is 278 g/mol. The number of benzene rings is 1. The Morgan fingerprint density at radius 3 is 2.89 bits per heavy atom. The predicted molar refractivity (Wildman–Crippen MR) is 76.2 cm³/mol. The molecule has 0 aliphatic heterocycles. The Morgan fingerprint density at radius 2 is 2.16 bits per heavy atom. The smallest absolute Gasteiger partial charge is 0.179 e. The molecule has 0 amide bonds. The summed E-state index contributed by atoms with van der Waals surface area (Å²) >= 11 is 1.60. The summed E-state index contributed by atoms with van der Waals surface area (Å²) in [6, 6.07) is 8.16. The molecule has 1 atom stereocenters. The Hall–Kier alpha value is -1.40. The van der Waals surface area contributed by atoms with Gasteiger partial charge >= 0.3 is 0 Å². The van der Waals surface area contributed by atoms with Crippen LogP contribution in [0.5, 0.6) is 0 Å². The number of hydrogen-bond donors (Lipinski definition) is 1. The summed E-state index contributed by atoms with van der Waals surface area (Å²) in [6.45, 7) is 2.46. The molecule has 2 rings (SSSR count). The van der Waals surface area contributed by atoms with Crippen molar-refractivity contribution in [2.24, 2.45) is 0 Å². The molecular weight excluding hydrogens is 260 g/mol. The number of aliphatic hydroxyl groups is 1. The normalized spacial score (nSPS) is 12.6. The number of aromatic nitrogens is 4. The highest BCUT2D eigenvalue weighted by molar-refractivity contribution is 7.98. The van der Waals surface area contributed by atoms with Gasteiger partial charge in [-0.25, -0.2) is 0 Å². The van der Waals surface area contributed by atoms with Gasteiger partial charge in [0.1, 0.15) is 0 Å². The Balaban J connectivity index is 2.00. The summed E-state index contributed by atoms with van der Waals surface area (Å²) in [4.78, 5) is 1.47. The van der Waals surface area contributed by atoms with Crippen molar-refractivity contribution in [1.29, 1.82) is 0 Å². The van der Waals surface area contributed by atoms with Crippen LogP contribution < -0.4 is 0 Å². The highest BCUT2D eigenvalue weighted by atomic mass is 32.2. The van der Waals surface area contributed by atoms with Crippen LogP contribution in [0.15, 0.2) is 24.3 Å². The Labute approximate surface area is 117 Å². The lowest BCUT2D eigenvalue weighted by Crippen LogP contribution is -2.20. The van der Waals surface area contributed by atoms with Crippen molar-refractivity contribution >= 4 is 11.8 Å². The van der Waals surface area contributed by atoms with Crippen LogP contribution in [-0.4, -0.2) is 43.4 Å². The second kappa shape index (κ2) is 6.68. The van der Waals surface area contributed by atoms with Gasteiger partial charge in [-0.3, -0.25) is 0 Å². The maximum absolute atomic E-state index is 9.70. The lowest BCUT2D eigenvalue weighted by Gasteiger charge is -2.06. The van der Waals surface area contributed by atoms with Gasteiger partial charge in [-0.1, -0.05) is 24.3 Å². The summed E-state index contributed by atoms with van der Waals surface area (Å²) in [5, 5.41) is 22.0. The van der Waals surface area contributed by atoms with E-state index < -0.39 is 6.10 Å². The molecule has 2 aromatic rings. The topological polar surface area (TPSA) is 63.8 Å². The van der Waals surface area contributed by atoms with Crippen LogP contribution in [0.4, 0.5) is 0 Å². The highest BCUT2D eigenvalue weighted by Gasteiger charge is 2.09. The first-order valence-electron chi connectivity index (χ1n) is 6.17. The molecule has 102 valence electrons. The number of nitrogens with zero attached hydrogens (tertiary/aromatic N) is 4. The third-order valence-corrected chi connectivity index (χ3v) is 3.56. The molecule has 0 fully saturated rings. The van der Waals surface area contributed by atoms with E-state index in [9.17, 15) is 5.11 Å². The third-order valence-electron chi connectivity index (χ3n) is 2.84. The predicted octanol–water partition coefficient (Wildman–Crippen LogP) is 1.30. The molecule has 1 N–H and O–H groups in total. The second-order valence-corrected chi connectivity index (χ2v) is 5.38. The van der Waals surface area contributed by atoms with Gasteiger partial charge in [-0.05, 0) is 29.5 Å². The van der Waals surface area contributed by atoms with Gasteiger partial charge in [-0.15, -0.1) is 10.2 Å². The lowest BCUT2D eigenvalue weighted by molar-refractivity contribution is 0.165. The molecule has 5 nitrogen and oxygen atoms in total. The van der Waals surface area contributed by atoms with E-state index in [1.165, 1.54) is 15.9 Å². The second-order valence-electron chi connectivity index (χ2n) is 4.47. The fourth-order valence-corrected chi connectivity index (χ4v) is 2.33. The van der Waals surface area contributed by atoms with Crippen molar-refractivity contribution in [3.63, 3.8) is 0 Å². The van der Waals surface area contributed by atoms with Gasteiger partial charge in [-0.2, -0.15) is 16.6 Å². The minimum absolute atomic E-state index is 0.390. The highest BCUT2D eigenvalue weighted by Crippen LogP contribution is 2.10. The molecule has 0 radical (unpaired) electrons. The standard InChI is InChI=1S/C13H18N4OS/c1-10-5-3-4-6-11(10)7-13-14-16-17(15-13)8-12(18)9-19-2/h3-6,12,18H,7-9H2,1-2H3/t12-/m1/s1. The van der Waals surface area contributed by atoms with Crippen LogP contribution in [0.3, 0.4) is 0 Å². The molecule has 19 heavy (non-hydrogen) atoms. The summed E-state index contributed by atoms with van der Waals surface area (Å²) in [5.41, 5.74) is 2.42. The zero-order valence-electron chi connectivity index (χ0n) is 11.2. The lowest BCUT2D eigenvalue weighted by atomic mass is 10.1. The van der Waals surface area contributed by atoms with Crippen molar-refractivity contribution in [2.75, 3.05) is 12.0 Å². The van der Waals surface area contributed by atoms with E-state index in [4.69, 9.17) is 0 Å². The minimum atomic E-state index is -0.435. The van der Waals surface area contributed by atoms with Gasteiger partial charge < -0.3 is 5.11 Å². The molecule has 0 bridgehead atoms. The molecule has 0 saturated carbocycles. The number of aliphatic hydroxyl groups excluding tert-OH is 1. The van der Waals surface area contributed by atoms with Gasteiger partial charge in [0.05, 0.1) is 12.6 Å². The quantitative estimate of drug-likeness (QED) is 0.863. The molecule has 6 heteroatoms. The van der Waals surface area contributed by atoms with Crippen molar-refractivity contribution < 1.29 is 5.11 Å². The van der Waals surface area contributed by atoms with Crippen LogP contribution in [0.25, 0.3) is 0 Å². The first-order chi connectivity index (χ1) is 9.19. The van der Waals surface area contributed by atoms with E-state index in [1.54, 1.807) is 11.8 Å². The number of aryl methyl sites for hydroxylation is 1. The van der Waals surface area contributed by atoms with Gasteiger partial charge in [0.15, 0.2) is 5.82 Å². The van der Waals surface area contributed by atoms with Gasteiger partial charge in [0.25, 0.3) is 0 Å². The molecular formula is C13H18N4OS. The van der Waals surface area contributed by atoms with Crippen LogP contribution in [0.1, 0.15) is 17.0 Å². The molecule has 1 heterocycles. The number of tetrazole rings is 1. The van der Waals surface area contributed by atoms with E-state index in [1.807, 2.05) is 18.4 Å². The fraction of sp³-hybridized carbons (Fsp3) is 0.462. The first kappa shape index (κ1) is 14.0. The van der Waals surface area contributed by atoms with Crippen LogP contribution in [0, 0.1) is 6.92 Å². The van der Waals surface area contributed by atoms with Crippen molar-refractivity contribution in [1.82, 2.24) is 20.2 Å². The summed E-state index contributed by atoms with van der Waals surface area (Å²) in [5.74, 6) is 1.36. The van der Waals surface area contributed by atoms with Crippen molar-refractivity contribution in [2.45, 2.75) is 26.0 Å². The Kier molecular flexibility index (Phi) is 4.93. The maximum Gasteiger partial charge on any atom is 0.179 e. The van der Waals surface area contributed by atoms with Crippen molar-refractivity contribution in [3.05, 3.63) is 41.2 Å². The largest absolute Gasteiger partial charge is 0.390 e. The minimum Gasteiger partial charge on any atom is -0.390 e. The molecule has 0 aliphatic rings. The molecule has 0 aliphatic carbocycles. The average molecular weight is 278 g/mol. The average Bonchev–Trinajstić information content (AvgIpc) is 2.80. The van der Waals surface area contributed by atoms with E-state index in [2.05, 4.69) is 34.5 Å². The molecule has 1 aromatic heterocycles. The molecule has 0 saturated heterocycles. The van der Waals surface area contributed by atoms with E-state index in [0.717, 1.165) is 0 Å². The van der Waals surface area contributed by atoms with Crippen LogP contribution >= 0.6 is 11.8 Å². The van der Waals surface area contributed by atoms with Crippen LogP contribution in [0.2, 0.25) is 0 Å².